The second-order valence-electron chi connectivity index (χ2n) is 4.64. The maximum atomic E-state index is 11.5. The molecule has 0 aliphatic rings. The lowest BCUT2D eigenvalue weighted by Crippen LogP contribution is -2.46. The zero-order valence-corrected chi connectivity index (χ0v) is 13.0. The van der Waals surface area contributed by atoms with Gasteiger partial charge in [0.1, 0.15) is 0 Å². The number of hydrogen-bond donors (Lipinski definition) is 3. The number of carbonyl (C=O) groups excluding carboxylic acids is 1. The van der Waals surface area contributed by atoms with Gasteiger partial charge in [0.05, 0.1) is 11.2 Å². The van der Waals surface area contributed by atoms with Crippen molar-refractivity contribution in [3.05, 3.63) is 0 Å². The summed E-state index contributed by atoms with van der Waals surface area (Å²) >= 11 is 0. The van der Waals surface area contributed by atoms with E-state index in [9.17, 15) is 23.1 Å². The van der Waals surface area contributed by atoms with E-state index in [-0.39, 0.29) is 24.6 Å². The van der Waals surface area contributed by atoms with Crippen LogP contribution in [0.15, 0.2) is 0 Å². The summed E-state index contributed by atoms with van der Waals surface area (Å²) in [6.07, 6.45) is 0.812. The molecule has 0 heterocycles. The summed E-state index contributed by atoms with van der Waals surface area (Å²) in [6.45, 7) is 5.08. The lowest BCUT2D eigenvalue weighted by Gasteiger charge is -2.26. The van der Waals surface area contributed by atoms with Gasteiger partial charge in [-0.1, -0.05) is 20.8 Å². The van der Waals surface area contributed by atoms with Gasteiger partial charge in [0.15, 0.2) is 9.84 Å². The molecule has 20 heavy (non-hydrogen) atoms. The Bertz CT molecular complexity index is 429. The van der Waals surface area contributed by atoms with Gasteiger partial charge in [-0.2, -0.15) is 0 Å². The summed E-state index contributed by atoms with van der Waals surface area (Å²) < 4.78 is 22.5. The van der Waals surface area contributed by atoms with E-state index >= 15 is 0 Å². The van der Waals surface area contributed by atoms with E-state index < -0.39 is 27.3 Å². The highest BCUT2D eigenvalue weighted by Gasteiger charge is 2.35. The summed E-state index contributed by atoms with van der Waals surface area (Å²) in [5, 5.41) is 14.1. The van der Waals surface area contributed by atoms with Crippen LogP contribution in [0.5, 0.6) is 0 Å². The molecule has 0 saturated carbocycles. The van der Waals surface area contributed by atoms with Crippen molar-refractivity contribution in [3.63, 3.8) is 0 Å². The van der Waals surface area contributed by atoms with Gasteiger partial charge in [0.25, 0.3) is 0 Å². The Kier molecular flexibility index (Phi) is 7.55. The fourth-order valence-electron chi connectivity index (χ4n) is 1.65. The van der Waals surface area contributed by atoms with Gasteiger partial charge < -0.3 is 15.7 Å². The van der Waals surface area contributed by atoms with Crippen molar-refractivity contribution in [1.29, 1.82) is 0 Å². The third kappa shape index (κ3) is 5.77. The fourth-order valence-corrected chi connectivity index (χ4v) is 2.36. The molecule has 3 N–H and O–H groups in total. The SMILES string of the molecule is CCC(CC)(CNC(=O)NCCS(=O)(=O)CC)C(=O)O. The van der Waals surface area contributed by atoms with Gasteiger partial charge in [-0.25, -0.2) is 13.2 Å². The molecule has 0 aliphatic heterocycles. The molecule has 0 aliphatic carbocycles. The molecule has 0 spiro atoms. The van der Waals surface area contributed by atoms with Gasteiger partial charge in [0.2, 0.25) is 0 Å². The van der Waals surface area contributed by atoms with E-state index in [1.165, 1.54) is 0 Å². The van der Waals surface area contributed by atoms with Crippen LogP contribution in [0.1, 0.15) is 33.6 Å². The summed E-state index contributed by atoms with van der Waals surface area (Å²) in [6, 6.07) is -0.552. The van der Waals surface area contributed by atoms with Gasteiger partial charge in [-0.3, -0.25) is 4.79 Å². The Morgan fingerprint density at radius 2 is 1.65 bits per heavy atom. The molecular formula is C12H24N2O5S. The van der Waals surface area contributed by atoms with E-state index in [1.807, 2.05) is 0 Å². The highest BCUT2D eigenvalue weighted by molar-refractivity contribution is 7.91. The van der Waals surface area contributed by atoms with Crippen LogP contribution in [-0.4, -0.2) is 50.1 Å². The van der Waals surface area contributed by atoms with Crippen LogP contribution in [0.4, 0.5) is 4.79 Å². The van der Waals surface area contributed by atoms with Crippen molar-refractivity contribution < 1.29 is 23.1 Å². The predicted octanol–water partition coefficient (Wildman–Crippen LogP) is 0.611. The van der Waals surface area contributed by atoms with Gasteiger partial charge in [-0.05, 0) is 12.8 Å². The Balaban J connectivity index is 4.26. The molecular weight excluding hydrogens is 284 g/mol. The molecule has 0 aromatic rings. The molecule has 0 bridgehead atoms. The first-order valence-electron chi connectivity index (χ1n) is 6.68. The third-order valence-corrected chi connectivity index (χ3v) is 5.24. The summed E-state index contributed by atoms with van der Waals surface area (Å²) in [5.41, 5.74) is -0.979. The molecule has 0 rings (SSSR count). The number of nitrogens with one attached hydrogen (secondary N) is 2. The van der Waals surface area contributed by atoms with Crippen molar-refractivity contribution >= 4 is 21.8 Å². The van der Waals surface area contributed by atoms with E-state index in [2.05, 4.69) is 10.6 Å². The van der Waals surface area contributed by atoms with Crippen molar-refractivity contribution in [3.8, 4) is 0 Å². The average Bonchev–Trinajstić information content (AvgIpc) is 2.40. The zero-order valence-electron chi connectivity index (χ0n) is 12.2. The monoisotopic (exact) mass is 308 g/mol. The highest BCUT2D eigenvalue weighted by atomic mass is 32.2. The number of rotatable bonds is 9. The van der Waals surface area contributed by atoms with Crippen LogP contribution in [0.3, 0.4) is 0 Å². The minimum absolute atomic E-state index is 0.0142. The lowest BCUT2D eigenvalue weighted by atomic mass is 9.82. The van der Waals surface area contributed by atoms with Gasteiger partial charge in [0, 0.05) is 18.8 Å². The van der Waals surface area contributed by atoms with Crippen molar-refractivity contribution in [1.82, 2.24) is 10.6 Å². The van der Waals surface area contributed by atoms with Gasteiger partial charge in [-0.15, -0.1) is 0 Å². The first-order valence-corrected chi connectivity index (χ1v) is 8.50. The molecule has 7 nitrogen and oxygen atoms in total. The Hall–Kier alpha value is -1.31. The fraction of sp³-hybridized carbons (Fsp3) is 0.833. The second-order valence-corrected chi connectivity index (χ2v) is 7.11. The van der Waals surface area contributed by atoms with E-state index in [4.69, 9.17) is 0 Å². The quantitative estimate of drug-likeness (QED) is 0.577. The summed E-state index contributed by atoms with van der Waals surface area (Å²) in [4.78, 5) is 22.7. The number of hydrogen-bond acceptors (Lipinski definition) is 4. The van der Waals surface area contributed by atoms with Crippen LogP contribution in [0, 0.1) is 5.41 Å². The van der Waals surface area contributed by atoms with Crippen LogP contribution < -0.4 is 10.6 Å². The van der Waals surface area contributed by atoms with Crippen LogP contribution in [0.25, 0.3) is 0 Å². The largest absolute Gasteiger partial charge is 0.481 e. The smallest absolute Gasteiger partial charge is 0.314 e. The zero-order chi connectivity index (χ0) is 15.8. The average molecular weight is 308 g/mol. The molecule has 0 atom stereocenters. The predicted molar refractivity (Wildman–Crippen MR) is 76.4 cm³/mol. The maximum Gasteiger partial charge on any atom is 0.314 e. The van der Waals surface area contributed by atoms with Crippen LogP contribution in [-0.2, 0) is 14.6 Å². The number of carbonyl (C=O) groups is 2. The second kappa shape index (κ2) is 8.08. The molecule has 0 fully saturated rings. The van der Waals surface area contributed by atoms with E-state index in [0.717, 1.165) is 0 Å². The maximum absolute atomic E-state index is 11.5. The summed E-state index contributed by atoms with van der Waals surface area (Å²) in [7, 11) is -3.12. The number of aliphatic carboxylic acids is 1. The number of carboxylic acids is 1. The van der Waals surface area contributed by atoms with Crippen LogP contribution in [0.2, 0.25) is 0 Å². The minimum atomic E-state index is -3.12. The Labute approximate surface area is 120 Å². The third-order valence-electron chi connectivity index (χ3n) is 3.53. The standard InChI is InChI=1S/C12H24N2O5S/c1-4-12(5-2,10(15)16)9-14-11(17)13-7-8-20(18,19)6-3/h4-9H2,1-3H3,(H,15,16)(H2,13,14,17). The molecule has 2 amide bonds. The first kappa shape index (κ1) is 18.7. The van der Waals surface area contributed by atoms with Gasteiger partial charge >= 0.3 is 12.0 Å². The number of amides is 2. The Morgan fingerprint density at radius 1 is 1.10 bits per heavy atom. The number of sulfone groups is 1. The minimum Gasteiger partial charge on any atom is -0.481 e. The van der Waals surface area contributed by atoms with E-state index in [0.29, 0.717) is 12.8 Å². The molecule has 0 radical (unpaired) electrons. The molecule has 8 heteroatoms. The highest BCUT2D eigenvalue weighted by Crippen LogP contribution is 2.25. The Morgan fingerprint density at radius 3 is 2.05 bits per heavy atom. The first-order chi connectivity index (χ1) is 9.23. The van der Waals surface area contributed by atoms with Crippen molar-refractivity contribution in [2.24, 2.45) is 5.41 Å². The molecule has 0 unspecified atom stereocenters. The van der Waals surface area contributed by atoms with Crippen molar-refractivity contribution in [2.75, 3.05) is 24.6 Å². The van der Waals surface area contributed by atoms with E-state index in [1.54, 1.807) is 20.8 Å². The molecule has 0 aromatic carbocycles. The molecule has 118 valence electrons. The van der Waals surface area contributed by atoms with Crippen LogP contribution >= 0.6 is 0 Å². The topological polar surface area (TPSA) is 113 Å². The number of carboxylic acid groups (broad SMARTS) is 1. The molecule has 0 saturated heterocycles. The lowest BCUT2D eigenvalue weighted by molar-refractivity contribution is -0.149. The summed E-state index contributed by atoms with van der Waals surface area (Å²) in [5.74, 6) is -1.04. The van der Waals surface area contributed by atoms with Crippen molar-refractivity contribution in [2.45, 2.75) is 33.6 Å². The number of urea groups is 1. The normalized spacial score (nSPS) is 11.9. The molecule has 0 aromatic heterocycles.